The molecule has 0 amide bonds. The molecule has 0 aromatic heterocycles. The van der Waals surface area contributed by atoms with Gasteiger partial charge < -0.3 is 10.1 Å². The fourth-order valence-corrected chi connectivity index (χ4v) is 2.26. The van der Waals surface area contributed by atoms with Crippen LogP contribution in [-0.2, 0) is 13.0 Å². The van der Waals surface area contributed by atoms with E-state index in [2.05, 4.69) is 5.32 Å². The molecule has 2 rings (SSSR count). The van der Waals surface area contributed by atoms with Crippen LogP contribution in [0.3, 0.4) is 0 Å². The molecule has 0 bridgehead atoms. The van der Waals surface area contributed by atoms with Crippen LogP contribution in [-0.4, -0.2) is 24.5 Å². The van der Waals surface area contributed by atoms with Crippen molar-refractivity contribution in [2.45, 2.75) is 44.8 Å². The van der Waals surface area contributed by atoms with Gasteiger partial charge in [-0.25, -0.2) is 8.78 Å². The van der Waals surface area contributed by atoms with Gasteiger partial charge >= 0.3 is 12.3 Å². The number of halogens is 4. The standard InChI is InChI=1S/C14H17F4NO/c1-13(2)6-9-4-3-5-10(11(9)20-13)7-19-8-14(17,18)12(15)16/h3-5,12,19H,6-8H2,1-2H3. The Morgan fingerprint density at radius 3 is 2.70 bits per heavy atom. The van der Waals surface area contributed by atoms with Gasteiger partial charge in [0.2, 0.25) is 0 Å². The molecule has 1 aliphatic heterocycles. The predicted octanol–water partition coefficient (Wildman–Crippen LogP) is 3.39. The molecule has 0 atom stereocenters. The third-order valence-electron chi connectivity index (χ3n) is 3.17. The minimum atomic E-state index is -4.02. The van der Waals surface area contributed by atoms with Gasteiger partial charge in [0.15, 0.2) is 0 Å². The lowest BCUT2D eigenvalue weighted by atomic mass is 10.0. The summed E-state index contributed by atoms with van der Waals surface area (Å²) in [7, 11) is 0. The molecule has 2 nitrogen and oxygen atoms in total. The Morgan fingerprint density at radius 1 is 1.35 bits per heavy atom. The fourth-order valence-electron chi connectivity index (χ4n) is 2.26. The number of benzene rings is 1. The average Bonchev–Trinajstić information content (AvgIpc) is 2.63. The van der Waals surface area contributed by atoms with E-state index in [9.17, 15) is 17.6 Å². The molecule has 0 radical (unpaired) electrons. The first kappa shape index (κ1) is 15.1. The largest absolute Gasteiger partial charge is 0.487 e. The molecule has 0 saturated carbocycles. The number of nitrogens with one attached hydrogen (secondary N) is 1. The van der Waals surface area contributed by atoms with E-state index in [4.69, 9.17) is 4.74 Å². The van der Waals surface area contributed by atoms with Crippen molar-refractivity contribution in [2.24, 2.45) is 0 Å². The van der Waals surface area contributed by atoms with E-state index < -0.39 is 18.9 Å². The van der Waals surface area contributed by atoms with Gasteiger partial charge in [-0.1, -0.05) is 18.2 Å². The first-order valence-electron chi connectivity index (χ1n) is 6.38. The summed E-state index contributed by atoms with van der Waals surface area (Å²) < 4.78 is 55.5. The average molecular weight is 291 g/mol. The van der Waals surface area contributed by atoms with E-state index >= 15 is 0 Å². The van der Waals surface area contributed by atoms with Crippen molar-refractivity contribution in [3.05, 3.63) is 29.3 Å². The Labute approximate surface area is 115 Å². The normalized spacial score (nSPS) is 17.1. The highest BCUT2D eigenvalue weighted by molar-refractivity contribution is 5.45. The molecule has 1 aromatic carbocycles. The van der Waals surface area contributed by atoms with E-state index in [1.54, 1.807) is 6.07 Å². The zero-order chi connectivity index (χ0) is 15.0. The molecule has 1 N–H and O–H groups in total. The van der Waals surface area contributed by atoms with Crippen molar-refractivity contribution in [1.29, 1.82) is 0 Å². The lowest BCUT2D eigenvalue weighted by Crippen LogP contribution is -2.38. The van der Waals surface area contributed by atoms with Gasteiger partial charge in [-0.3, -0.25) is 0 Å². The Balaban J connectivity index is 2.01. The van der Waals surface area contributed by atoms with E-state index in [-0.39, 0.29) is 12.1 Å². The van der Waals surface area contributed by atoms with Crippen molar-refractivity contribution in [1.82, 2.24) is 5.32 Å². The summed E-state index contributed by atoms with van der Waals surface area (Å²) in [5.41, 5.74) is 1.39. The topological polar surface area (TPSA) is 21.3 Å². The molecular formula is C14H17F4NO. The van der Waals surface area contributed by atoms with Crippen molar-refractivity contribution in [2.75, 3.05) is 6.54 Å². The molecule has 1 heterocycles. The summed E-state index contributed by atoms with van der Waals surface area (Å²) in [5.74, 6) is -3.34. The number of hydrogen-bond acceptors (Lipinski definition) is 2. The van der Waals surface area contributed by atoms with Gasteiger partial charge in [-0.2, -0.15) is 8.78 Å². The predicted molar refractivity (Wildman–Crippen MR) is 67.5 cm³/mol. The van der Waals surface area contributed by atoms with Gasteiger partial charge in [-0.15, -0.1) is 0 Å². The number of rotatable bonds is 5. The minimum absolute atomic E-state index is 0.0710. The van der Waals surface area contributed by atoms with E-state index in [0.717, 1.165) is 12.0 Å². The maximum absolute atomic E-state index is 12.8. The maximum atomic E-state index is 12.8. The lowest BCUT2D eigenvalue weighted by molar-refractivity contribution is -0.125. The second-order valence-electron chi connectivity index (χ2n) is 5.61. The summed E-state index contributed by atoms with van der Waals surface area (Å²) >= 11 is 0. The van der Waals surface area contributed by atoms with Crippen LogP contribution in [0.1, 0.15) is 25.0 Å². The highest BCUT2D eigenvalue weighted by Gasteiger charge is 2.40. The minimum Gasteiger partial charge on any atom is -0.487 e. The quantitative estimate of drug-likeness (QED) is 0.840. The monoisotopic (exact) mass is 291 g/mol. The Kier molecular flexibility index (Phi) is 3.95. The Hall–Kier alpha value is -1.30. The zero-order valence-corrected chi connectivity index (χ0v) is 11.4. The highest BCUT2D eigenvalue weighted by Crippen LogP contribution is 2.37. The molecule has 112 valence electrons. The van der Waals surface area contributed by atoms with Crippen LogP contribution in [0.25, 0.3) is 0 Å². The van der Waals surface area contributed by atoms with Gasteiger partial charge in [0.05, 0.1) is 6.54 Å². The summed E-state index contributed by atoms with van der Waals surface area (Å²) in [6.45, 7) is 2.89. The second kappa shape index (κ2) is 5.24. The van der Waals surface area contributed by atoms with Crippen LogP contribution in [0, 0.1) is 0 Å². The molecule has 0 saturated heterocycles. The van der Waals surface area contributed by atoms with E-state index in [0.29, 0.717) is 11.3 Å². The van der Waals surface area contributed by atoms with Crippen LogP contribution in [0.2, 0.25) is 0 Å². The molecule has 20 heavy (non-hydrogen) atoms. The molecule has 0 spiro atoms. The van der Waals surface area contributed by atoms with Crippen LogP contribution < -0.4 is 10.1 Å². The Bertz CT molecular complexity index is 488. The van der Waals surface area contributed by atoms with Crippen LogP contribution >= 0.6 is 0 Å². The third-order valence-corrected chi connectivity index (χ3v) is 3.17. The number of para-hydroxylation sites is 1. The van der Waals surface area contributed by atoms with Gasteiger partial charge in [0.1, 0.15) is 11.4 Å². The van der Waals surface area contributed by atoms with Crippen LogP contribution in [0.15, 0.2) is 18.2 Å². The van der Waals surface area contributed by atoms with Gasteiger partial charge in [0.25, 0.3) is 0 Å². The van der Waals surface area contributed by atoms with Crippen molar-refractivity contribution in [3.63, 3.8) is 0 Å². The fraction of sp³-hybridized carbons (Fsp3) is 0.571. The van der Waals surface area contributed by atoms with E-state index in [1.807, 2.05) is 26.0 Å². The smallest absolute Gasteiger partial charge is 0.319 e. The number of fused-ring (bicyclic) bond motifs is 1. The number of hydrogen-bond donors (Lipinski definition) is 1. The summed E-state index contributed by atoms with van der Waals surface area (Å²) in [5, 5.41) is 2.37. The first-order valence-corrected chi connectivity index (χ1v) is 6.38. The summed E-state index contributed by atoms with van der Waals surface area (Å²) in [6, 6.07) is 5.47. The van der Waals surface area contributed by atoms with Crippen LogP contribution in [0.5, 0.6) is 5.75 Å². The molecule has 0 unspecified atom stereocenters. The lowest BCUT2D eigenvalue weighted by Gasteiger charge is -2.19. The summed E-state index contributed by atoms with van der Waals surface area (Å²) in [4.78, 5) is 0. The number of ether oxygens (including phenoxy) is 1. The zero-order valence-electron chi connectivity index (χ0n) is 11.4. The van der Waals surface area contributed by atoms with Crippen LogP contribution in [0.4, 0.5) is 17.6 Å². The molecular weight excluding hydrogens is 274 g/mol. The van der Waals surface area contributed by atoms with Gasteiger partial charge in [0, 0.05) is 18.5 Å². The van der Waals surface area contributed by atoms with Crippen molar-refractivity contribution in [3.8, 4) is 5.75 Å². The summed E-state index contributed by atoms with van der Waals surface area (Å²) in [6.07, 6.45) is -2.92. The molecule has 0 fully saturated rings. The third kappa shape index (κ3) is 3.23. The highest BCUT2D eigenvalue weighted by atomic mass is 19.3. The van der Waals surface area contributed by atoms with E-state index in [1.165, 1.54) is 0 Å². The molecule has 1 aliphatic rings. The SMILES string of the molecule is CC1(C)Cc2cccc(CNCC(F)(F)C(F)F)c2O1. The Morgan fingerprint density at radius 2 is 2.05 bits per heavy atom. The number of alkyl halides is 4. The molecule has 0 aliphatic carbocycles. The van der Waals surface area contributed by atoms with Crippen molar-refractivity contribution < 1.29 is 22.3 Å². The molecule has 1 aromatic rings. The maximum Gasteiger partial charge on any atom is 0.319 e. The van der Waals surface area contributed by atoms with Gasteiger partial charge in [-0.05, 0) is 19.4 Å². The molecule has 6 heteroatoms. The van der Waals surface area contributed by atoms with Crippen molar-refractivity contribution >= 4 is 0 Å². The first-order chi connectivity index (χ1) is 9.21. The second-order valence-corrected chi connectivity index (χ2v) is 5.61.